The summed E-state index contributed by atoms with van der Waals surface area (Å²) in [5.74, 6) is -0.252. The van der Waals surface area contributed by atoms with Crippen molar-refractivity contribution < 1.29 is 9.63 Å². The predicted molar refractivity (Wildman–Crippen MR) is 72.8 cm³/mol. The van der Waals surface area contributed by atoms with Gasteiger partial charge < -0.3 is 0 Å². The second-order valence-electron chi connectivity index (χ2n) is 4.99. The van der Waals surface area contributed by atoms with Crippen LogP contribution in [0.3, 0.4) is 0 Å². The van der Waals surface area contributed by atoms with E-state index in [4.69, 9.17) is 10.1 Å². The Balaban J connectivity index is 1.69. The fourth-order valence-electron chi connectivity index (χ4n) is 2.43. The van der Waals surface area contributed by atoms with Crippen LogP contribution in [0.1, 0.15) is 12.0 Å². The molecule has 3 rings (SSSR count). The molecular weight excluding hydrogens is 252 g/mol. The van der Waals surface area contributed by atoms with Crippen LogP contribution in [0, 0.1) is 17.2 Å². The molecule has 1 aromatic carbocycles. The van der Waals surface area contributed by atoms with Crippen molar-refractivity contribution in [1.29, 1.82) is 5.26 Å². The van der Waals surface area contributed by atoms with Crippen LogP contribution >= 0.6 is 0 Å². The Morgan fingerprint density at radius 2 is 2.00 bits per heavy atom. The number of carbonyl (C=O) groups excluding carboxylic acids is 1. The highest BCUT2D eigenvalue weighted by atomic mass is 16.7. The maximum atomic E-state index is 11.7. The first-order valence-corrected chi connectivity index (χ1v) is 6.52. The summed E-state index contributed by atoms with van der Waals surface area (Å²) in [4.78, 5) is 17.4. The van der Waals surface area contributed by atoms with Gasteiger partial charge in [0.05, 0.1) is 18.4 Å². The number of hydrogen-bond donors (Lipinski definition) is 0. The number of carbonyl (C=O) groups is 1. The van der Waals surface area contributed by atoms with Gasteiger partial charge in [0, 0.05) is 0 Å². The number of β-lactam (4-membered cyclic amide) rings is 1. The second-order valence-corrected chi connectivity index (χ2v) is 4.99. The lowest BCUT2D eigenvalue weighted by atomic mass is 9.81. The van der Waals surface area contributed by atoms with Crippen LogP contribution in [-0.2, 0) is 16.2 Å². The van der Waals surface area contributed by atoms with Gasteiger partial charge in [-0.2, -0.15) is 5.26 Å². The summed E-state index contributed by atoms with van der Waals surface area (Å²) in [7, 11) is 0. The van der Waals surface area contributed by atoms with Crippen molar-refractivity contribution in [3.63, 3.8) is 0 Å². The van der Waals surface area contributed by atoms with Crippen molar-refractivity contribution in [3.8, 4) is 6.07 Å². The SMILES string of the molecule is N#C[C@H]1C=C[C@]2(C=C1)CC(=O)N2OCc1ccccc1. The molecule has 1 heterocycles. The van der Waals surface area contributed by atoms with Gasteiger partial charge in [-0.3, -0.25) is 9.63 Å². The van der Waals surface area contributed by atoms with Gasteiger partial charge in [-0.25, -0.2) is 5.06 Å². The van der Waals surface area contributed by atoms with Crippen molar-refractivity contribution in [1.82, 2.24) is 5.06 Å². The summed E-state index contributed by atoms with van der Waals surface area (Å²) in [6.07, 6.45) is 7.78. The molecule has 0 atom stereocenters. The van der Waals surface area contributed by atoms with Gasteiger partial charge in [0.1, 0.15) is 12.1 Å². The molecule has 0 saturated carbocycles. The summed E-state index contributed by atoms with van der Waals surface area (Å²) in [6.45, 7) is 0.359. The lowest BCUT2D eigenvalue weighted by Crippen LogP contribution is -2.61. The minimum absolute atomic E-state index is 0.0364. The highest BCUT2D eigenvalue weighted by Gasteiger charge is 2.49. The van der Waals surface area contributed by atoms with E-state index in [1.807, 2.05) is 54.6 Å². The van der Waals surface area contributed by atoms with E-state index in [1.54, 1.807) is 0 Å². The molecule has 4 nitrogen and oxygen atoms in total. The lowest BCUT2D eigenvalue weighted by molar-refractivity contribution is -0.242. The minimum atomic E-state index is -0.501. The number of nitrogens with zero attached hydrogens (tertiary/aromatic N) is 2. The van der Waals surface area contributed by atoms with E-state index >= 15 is 0 Å². The third-order valence-electron chi connectivity index (χ3n) is 3.58. The molecule has 1 amide bonds. The molecule has 1 saturated heterocycles. The first-order chi connectivity index (χ1) is 9.73. The highest BCUT2D eigenvalue weighted by Crippen LogP contribution is 2.38. The van der Waals surface area contributed by atoms with Gasteiger partial charge in [0.2, 0.25) is 5.91 Å². The number of benzene rings is 1. The Bertz CT molecular complexity index is 599. The topological polar surface area (TPSA) is 53.3 Å². The molecule has 0 radical (unpaired) electrons. The van der Waals surface area contributed by atoms with E-state index in [1.165, 1.54) is 5.06 Å². The Morgan fingerprint density at radius 3 is 2.60 bits per heavy atom. The Morgan fingerprint density at radius 1 is 1.30 bits per heavy atom. The van der Waals surface area contributed by atoms with Crippen molar-refractivity contribution >= 4 is 5.91 Å². The number of nitriles is 1. The van der Waals surface area contributed by atoms with E-state index in [-0.39, 0.29) is 11.8 Å². The van der Waals surface area contributed by atoms with Crippen LogP contribution in [0.25, 0.3) is 0 Å². The molecular formula is C16H14N2O2. The van der Waals surface area contributed by atoms with Gasteiger partial charge in [0.15, 0.2) is 0 Å². The van der Waals surface area contributed by atoms with Gasteiger partial charge in [-0.15, -0.1) is 0 Å². The quantitative estimate of drug-likeness (QED) is 0.623. The first kappa shape index (κ1) is 12.6. The molecule has 1 aromatic rings. The normalized spacial score (nSPS) is 27.4. The fourth-order valence-corrected chi connectivity index (χ4v) is 2.43. The Labute approximate surface area is 117 Å². The van der Waals surface area contributed by atoms with Gasteiger partial charge in [-0.1, -0.05) is 54.6 Å². The molecule has 0 bridgehead atoms. The molecule has 2 aliphatic rings. The summed E-state index contributed by atoms with van der Waals surface area (Å²) in [6, 6.07) is 11.9. The van der Waals surface area contributed by atoms with E-state index in [0.29, 0.717) is 13.0 Å². The van der Waals surface area contributed by atoms with Gasteiger partial charge in [0.25, 0.3) is 0 Å². The Kier molecular flexibility index (Phi) is 3.13. The lowest BCUT2D eigenvalue weighted by Gasteiger charge is -2.47. The zero-order valence-corrected chi connectivity index (χ0v) is 10.9. The molecule has 0 aromatic heterocycles. The molecule has 1 fully saturated rings. The minimum Gasteiger partial charge on any atom is -0.272 e. The van der Waals surface area contributed by atoms with Crippen LogP contribution in [0.4, 0.5) is 0 Å². The number of hydrogen-bond acceptors (Lipinski definition) is 3. The zero-order chi connectivity index (χ0) is 14.0. The van der Waals surface area contributed by atoms with Crippen LogP contribution in [-0.4, -0.2) is 16.5 Å². The summed E-state index contributed by atoms with van der Waals surface area (Å²) >= 11 is 0. The number of amides is 1. The predicted octanol–water partition coefficient (Wildman–Crippen LogP) is 2.36. The van der Waals surface area contributed by atoms with E-state index in [0.717, 1.165) is 5.56 Å². The summed E-state index contributed by atoms with van der Waals surface area (Å²) in [5, 5.41) is 10.3. The van der Waals surface area contributed by atoms with Gasteiger partial charge in [-0.05, 0) is 5.56 Å². The van der Waals surface area contributed by atoms with Crippen LogP contribution in [0.2, 0.25) is 0 Å². The average Bonchev–Trinajstić information content (AvgIpc) is 2.49. The summed E-state index contributed by atoms with van der Waals surface area (Å²) in [5.41, 5.74) is 0.514. The molecule has 100 valence electrons. The average molecular weight is 266 g/mol. The maximum absolute atomic E-state index is 11.7. The van der Waals surface area contributed by atoms with Crippen molar-refractivity contribution in [2.24, 2.45) is 5.92 Å². The van der Waals surface area contributed by atoms with Crippen LogP contribution in [0.5, 0.6) is 0 Å². The fraction of sp³-hybridized carbons (Fsp3) is 0.250. The van der Waals surface area contributed by atoms with Crippen LogP contribution in [0.15, 0.2) is 54.6 Å². The molecule has 0 N–H and O–H groups in total. The van der Waals surface area contributed by atoms with E-state index < -0.39 is 5.54 Å². The number of hydroxylamine groups is 2. The molecule has 0 unspecified atom stereocenters. The first-order valence-electron chi connectivity index (χ1n) is 6.52. The second kappa shape index (κ2) is 4.95. The molecule has 1 spiro atoms. The standard InChI is InChI=1S/C16H14N2O2/c17-11-13-6-8-16(9-7-13)10-15(19)18(16)20-12-14-4-2-1-3-5-14/h1-9,13H,10,12H2/t13-,16-. The number of rotatable bonds is 3. The zero-order valence-electron chi connectivity index (χ0n) is 10.9. The third kappa shape index (κ3) is 2.13. The van der Waals surface area contributed by atoms with Crippen LogP contribution < -0.4 is 0 Å². The smallest absolute Gasteiger partial charge is 0.250 e. The van der Waals surface area contributed by atoms with E-state index in [9.17, 15) is 4.79 Å². The number of allylic oxidation sites excluding steroid dienone is 2. The molecule has 20 heavy (non-hydrogen) atoms. The molecule has 1 aliphatic carbocycles. The van der Waals surface area contributed by atoms with Crippen molar-refractivity contribution in [2.45, 2.75) is 18.6 Å². The molecule has 4 heteroatoms. The maximum Gasteiger partial charge on any atom is 0.250 e. The Hall–Kier alpha value is -2.38. The third-order valence-corrected chi connectivity index (χ3v) is 3.58. The highest BCUT2D eigenvalue weighted by molar-refractivity contribution is 5.86. The van der Waals surface area contributed by atoms with Gasteiger partial charge >= 0.3 is 0 Å². The summed E-state index contributed by atoms with van der Waals surface area (Å²) < 4.78 is 0. The largest absolute Gasteiger partial charge is 0.272 e. The molecule has 1 aliphatic heterocycles. The van der Waals surface area contributed by atoms with Crippen molar-refractivity contribution in [2.75, 3.05) is 0 Å². The van der Waals surface area contributed by atoms with Crippen molar-refractivity contribution in [3.05, 3.63) is 60.2 Å². The van der Waals surface area contributed by atoms with E-state index in [2.05, 4.69) is 6.07 Å². The monoisotopic (exact) mass is 266 g/mol.